The first-order valence-electron chi connectivity index (χ1n) is 6.75. The number of hydrogen-bond acceptors (Lipinski definition) is 4. The molecule has 0 radical (unpaired) electrons. The van der Waals surface area contributed by atoms with Crippen LogP contribution in [0.2, 0.25) is 0 Å². The molecule has 3 nitrogen and oxygen atoms in total. The number of rotatable bonds is 2. The Morgan fingerprint density at radius 1 is 1.16 bits per heavy atom. The molecule has 0 saturated carbocycles. The van der Waals surface area contributed by atoms with Gasteiger partial charge in [0.2, 0.25) is 0 Å². The fraction of sp³-hybridized carbons (Fsp3) is 0.400. The van der Waals surface area contributed by atoms with Gasteiger partial charge < -0.3 is 5.32 Å². The van der Waals surface area contributed by atoms with Crippen LogP contribution in [0.15, 0.2) is 41.6 Å². The lowest BCUT2D eigenvalue weighted by Gasteiger charge is -2.38. The first-order chi connectivity index (χ1) is 9.24. The second-order valence-electron chi connectivity index (χ2n) is 5.19. The molecule has 2 heterocycles. The zero-order chi connectivity index (χ0) is 13.2. The minimum Gasteiger partial charge on any atom is -0.314 e. The predicted octanol–water partition coefficient (Wildman–Crippen LogP) is 2.92. The zero-order valence-corrected chi connectivity index (χ0v) is 12.2. The molecule has 0 bridgehead atoms. The van der Waals surface area contributed by atoms with Crippen LogP contribution in [-0.4, -0.2) is 34.5 Å². The summed E-state index contributed by atoms with van der Waals surface area (Å²) in [7, 11) is 0. The highest BCUT2D eigenvalue weighted by molar-refractivity contribution is 7.97. The third-order valence-electron chi connectivity index (χ3n) is 3.57. The number of pyridine rings is 1. The molecule has 1 aromatic heterocycles. The van der Waals surface area contributed by atoms with E-state index < -0.39 is 0 Å². The van der Waals surface area contributed by atoms with Crippen molar-refractivity contribution in [1.82, 2.24) is 14.6 Å². The van der Waals surface area contributed by atoms with E-state index in [1.807, 2.05) is 24.3 Å². The van der Waals surface area contributed by atoms with Gasteiger partial charge in [0, 0.05) is 47.8 Å². The second-order valence-corrected chi connectivity index (χ2v) is 6.27. The smallest absolute Gasteiger partial charge is 0.0346 e. The van der Waals surface area contributed by atoms with Crippen LogP contribution in [0.5, 0.6) is 0 Å². The molecule has 1 fully saturated rings. The summed E-state index contributed by atoms with van der Waals surface area (Å²) in [5, 5.41) is 5.93. The summed E-state index contributed by atoms with van der Waals surface area (Å²) in [5.41, 5.74) is 0. The van der Waals surface area contributed by atoms with E-state index in [0.29, 0.717) is 12.1 Å². The number of aromatic nitrogens is 1. The molecule has 1 aliphatic rings. The summed E-state index contributed by atoms with van der Waals surface area (Å²) in [4.78, 5) is 5.46. The van der Waals surface area contributed by atoms with Crippen molar-refractivity contribution in [3.05, 3.63) is 36.7 Å². The fourth-order valence-electron chi connectivity index (χ4n) is 2.54. The molecule has 0 unspecified atom stereocenters. The van der Waals surface area contributed by atoms with Gasteiger partial charge in [-0.2, -0.15) is 0 Å². The van der Waals surface area contributed by atoms with Gasteiger partial charge in [0.05, 0.1) is 0 Å². The molecule has 0 aliphatic carbocycles. The normalized spacial score (nSPS) is 24.7. The van der Waals surface area contributed by atoms with Gasteiger partial charge in [0.25, 0.3) is 0 Å². The number of nitrogens with zero attached hydrogens (tertiary/aromatic N) is 2. The highest BCUT2D eigenvalue weighted by Crippen LogP contribution is 2.30. The fourth-order valence-corrected chi connectivity index (χ4v) is 3.60. The Bertz CT molecular complexity index is 562. The average molecular weight is 273 g/mol. The van der Waals surface area contributed by atoms with Crippen LogP contribution in [0.25, 0.3) is 10.8 Å². The Morgan fingerprint density at radius 3 is 2.74 bits per heavy atom. The summed E-state index contributed by atoms with van der Waals surface area (Å²) < 4.78 is 2.50. The maximum atomic E-state index is 4.16. The molecular weight excluding hydrogens is 254 g/mol. The van der Waals surface area contributed by atoms with Gasteiger partial charge in [0.1, 0.15) is 0 Å². The maximum Gasteiger partial charge on any atom is 0.0346 e. The van der Waals surface area contributed by atoms with E-state index in [-0.39, 0.29) is 0 Å². The van der Waals surface area contributed by atoms with Crippen LogP contribution in [-0.2, 0) is 0 Å². The van der Waals surface area contributed by atoms with Gasteiger partial charge >= 0.3 is 0 Å². The summed E-state index contributed by atoms with van der Waals surface area (Å²) >= 11 is 1.87. The van der Waals surface area contributed by atoms with Crippen LogP contribution in [0.3, 0.4) is 0 Å². The van der Waals surface area contributed by atoms with Crippen LogP contribution in [0, 0.1) is 0 Å². The van der Waals surface area contributed by atoms with E-state index in [9.17, 15) is 0 Å². The highest BCUT2D eigenvalue weighted by Gasteiger charge is 2.25. The van der Waals surface area contributed by atoms with Crippen LogP contribution >= 0.6 is 11.9 Å². The molecule has 1 aromatic carbocycles. The molecule has 4 heteroatoms. The van der Waals surface area contributed by atoms with Gasteiger partial charge in [-0.1, -0.05) is 6.07 Å². The molecule has 2 aromatic rings. The third kappa shape index (κ3) is 2.76. The van der Waals surface area contributed by atoms with Crippen molar-refractivity contribution in [3.63, 3.8) is 0 Å². The molecule has 0 amide bonds. The third-order valence-corrected chi connectivity index (χ3v) is 4.97. The summed E-state index contributed by atoms with van der Waals surface area (Å²) in [6.07, 6.45) is 3.77. The Hall–Kier alpha value is -1.10. The van der Waals surface area contributed by atoms with E-state index in [1.54, 1.807) is 0 Å². The highest BCUT2D eigenvalue weighted by atomic mass is 32.2. The van der Waals surface area contributed by atoms with Gasteiger partial charge in [0.15, 0.2) is 0 Å². The standard InChI is InChI=1S/C15H19N3S/c1-11-8-17-9-12(2)18(11)19-15-4-3-14-10-16-6-5-13(14)7-15/h3-7,10-12,17H,8-9H2,1-2H3/t11-,12-/m1/s1. The lowest BCUT2D eigenvalue weighted by atomic mass is 10.2. The van der Waals surface area contributed by atoms with Crippen LogP contribution in [0.4, 0.5) is 0 Å². The number of nitrogens with one attached hydrogen (secondary N) is 1. The van der Waals surface area contributed by atoms with E-state index >= 15 is 0 Å². The monoisotopic (exact) mass is 273 g/mol. The first-order valence-corrected chi connectivity index (χ1v) is 7.52. The molecule has 1 saturated heterocycles. The lowest BCUT2D eigenvalue weighted by Crippen LogP contribution is -2.51. The largest absolute Gasteiger partial charge is 0.314 e. The minimum atomic E-state index is 0.557. The molecule has 100 valence electrons. The molecule has 2 atom stereocenters. The molecule has 0 spiro atoms. The van der Waals surface area contributed by atoms with Gasteiger partial charge in [-0.05, 0) is 49.4 Å². The molecule has 19 heavy (non-hydrogen) atoms. The Kier molecular flexibility index (Phi) is 3.73. The zero-order valence-electron chi connectivity index (χ0n) is 11.3. The van der Waals surface area contributed by atoms with Gasteiger partial charge in [-0.15, -0.1) is 0 Å². The van der Waals surface area contributed by atoms with E-state index in [1.165, 1.54) is 15.7 Å². The summed E-state index contributed by atoms with van der Waals surface area (Å²) in [5.74, 6) is 0. The molecule has 1 N–H and O–H groups in total. The number of piperazine rings is 1. The number of hydrogen-bond donors (Lipinski definition) is 1. The SMILES string of the molecule is C[C@@H]1CNC[C@@H](C)N1Sc1ccc2cnccc2c1. The molecule has 3 rings (SSSR count). The first kappa shape index (κ1) is 12.9. The van der Waals surface area contributed by atoms with Crippen molar-refractivity contribution in [2.24, 2.45) is 0 Å². The van der Waals surface area contributed by atoms with Crippen molar-refractivity contribution in [2.45, 2.75) is 30.8 Å². The average Bonchev–Trinajstić information content (AvgIpc) is 2.43. The van der Waals surface area contributed by atoms with Crippen LogP contribution < -0.4 is 5.32 Å². The van der Waals surface area contributed by atoms with E-state index in [4.69, 9.17) is 0 Å². The van der Waals surface area contributed by atoms with Crippen molar-refractivity contribution in [1.29, 1.82) is 0 Å². The van der Waals surface area contributed by atoms with Crippen LogP contribution in [0.1, 0.15) is 13.8 Å². The molecule has 1 aliphatic heterocycles. The second kappa shape index (κ2) is 5.49. The molecular formula is C15H19N3S. The summed E-state index contributed by atoms with van der Waals surface area (Å²) in [6, 6.07) is 9.79. The Labute approximate surface area is 118 Å². The van der Waals surface area contributed by atoms with Gasteiger partial charge in [-0.3, -0.25) is 4.98 Å². The van der Waals surface area contributed by atoms with E-state index in [0.717, 1.165) is 13.1 Å². The Balaban J connectivity index is 1.84. The Morgan fingerprint density at radius 2 is 1.95 bits per heavy atom. The topological polar surface area (TPSA) is 28.2 Å². The van der Waals surface area contributed by atoms with Crippen molar-refractivity contribution >= 4 is 22.7 Å². The number of benzene rings is 1. The summed E-state index contributed by atoms with van der Waals surface area (Å²) in [6.45, 7) is 6.69. The minimum absolute atomic E-state index is 0.557. The predicted molar refractivity (Wildman–Crippen MR) is 81.2 cm³/mol. The number of fused-ring (bicyclic) bond motifs is 1. The maximum absolute atomic E-state index is 4.16. The van der Waals surface area contributed by atoms with Crippen molar-refractivity contribution in [2.75, 3.05) is 13.1 Å². The van der Waals surface area contributed by atoms with Crippen molar-refractivity contribution in [3.8, 4) is 0 Å². The lowest BCUT2D eigenvalue weighted by molar-refractivity contribution is 0.240. The van der Waals surface area contributed by atoms with Crippen molar-refractivity contribution < 1.29 is 0 Å². The van der Waals surface area contributed by atoms with Gasteiger partial charge in [-0.25, -0.2) is 4.31 Å². The van der Waals surface area contributed by atoms with E-state index in [2.05, 4.69) is 52.7 Å². The quantitative estimate of drug-likeness (QED) is 0.852.